The van der Waals surface area contributed by atoms with Crippen LogP contribution in [0.2, 0.25) is 0 Å². The van der Waals surface area contributed by atoms with Crippen molar-refractivity contribution in [3.8, 4) is 0 Å². The third-order valence-corrected chi connectivity index (χ3v) is 4.06. The molecule has 1 aromatic rings. The molecule has 6 heteroatoms. The van der Waals surface area contributed by atoms with Gasteiger partial charge in [-0.2, -0.15) is 4.31 Å². The van der Waals surface area contributed by atoms with E-state index in [9.17, 15) is 13.2 Å². The Bertz CT molecular complexity index is 561. The molecule has 17 heavy (non-hydrogen) atoms. The first-order chi connectivity index (χ1) is 8.01. The van der Waals surface area contributed by atoms with E-state index in [4.69, 9.17) is 0 Å². The van der Waals surface area contributed by atoms with Crippen LogP contribution >= 0.6 is 0 Å². The summed E-state index contributed by atoms with van der Waals surface area (Å²) < 4.78 is 25.0. The minimum Gasteiger partial charge on any atom is -0.333 e. The molecular weight excluding hydrogens is 240 g/mol. The van der Waals surface area contributed by atoms with Crippen molar-refractivity contribution in [2.24, 2.45) is 0 Å². The normalized spacial score (nSPS) is 15.8. The summed E-state index contributed by atoms with van der Waals surface area (Å²) in [5.74, 6) is 0. The molecule has 5 nitrogen and oxygen atoms in total. The van der Waals surface area contributed by atoms with Crippen LogP contribution in [0.5, 0.6) is 0 Å². The number of carbonyl (C=O) groups is 1. The highest BCUT2D eigenvalue weighted by Crippen LogP contribution is 2.17. The molecule has 0 spiro atoms. The number of hydrogen-bond donors (Lipinski definition) is 1. The fourth-order valence-corrected chi connectivity index (χ4v) is 2.69. The van der Waals surface area contributed by atoms with Crippen LogP contribution in [-0.4, -0.2) is 25.3 Å². The molecule has 1 aliphatic heterocycles. The number of urea groups is 1. The predicted octanol–water partition coefficient (Wildman–Crippen LogP) is 1.22. The maximum atomic E-state index is 12.1. The molecule has 0 bridgehead atoms. The number of carbonyl (C=O) groups excluding carboxylic acids is 1. The van der Waals surface area contributed by atoms with Gasteiger partial charge in [-0.15, -0.1) is 0 Å². The molecule has 90 valence electrons. The Labute approximate surface area is 99.8 Å². The van der Waals surface area contributed by atoms with E-state index < -0.39 is 16.1 Å². The quantitative estimate of drug-likeness (QED) is 0.860. The van der Waals surface area contributed by atoms with Crippen molar-refractivity contribution in [1.82, 2.24) is 9.62 Å². The fourth-order valence-electron chi connectivity index (χ4n) is 1.45. The van der Waals surface area contributed by atoms with E-state index in [0.717, 1.165) is 5.56 Å². The van der Waals surface area contributed by atoms with E-state index >= 15 is 0 Å². The van der Waals surface area contributed by atoms with E-state index in [1.807, 2.05) is 6.92 Å². The third-order valence-electron chi connectivity index (χ3n) is 2.39. The van der Waals surface area contributed by atoms with Gasteiger partial charge in [0.25, 0.3) is 10.0 Å². The van der Waals surface area contributed by atoms with Crippen LogP contribution < -0.4 is 5.32 Å². The zero-order valence-electron chi connectivity index (χ0n) is 9.25. The van der Waals surface area contributed by atoms with Crippen LogP contribution in [0.25, 0.3) is 0 Å². The maximum Gasteiger partial charge on any atom is 0.335 e. The van der Waals surface area contributed by atoms with E-state index in [1.54, 1.807) is 18.2 Å². The van der Waals surface area contributed by atoms with Gasteiger partial charge >= 0.3 is 6.03 Å². The molecule has 0 saturated carbocycles. The van der Waals surface area contributed by atoms with Crippen molar-refractivity contribution in [2.45, 2.75) is 11.8 Å². The Morgan fingerprint density at radius 3 is 2.47 bits per heavy atom. The summed E-state index contributed by atoms with van der Waals surface area (Å²) in [6, 6.07) is 5.73. The van der Waals surface area contributed by atoms with Gasteiger partial charge < -0.3 is 5.32 Å². The summed E-state index contributed by atoms with van der Waals surface area (Å²) in [6.07, 6.45) is 2.85. The number of amides is 2. The number of aryl methyl sites for hydroxylation is 1. The SMILES string of the molecule is Cc1ccc(S(=O)(=O)N2C=CCNC2=O)cc1. The first kappa shape index (κ1) is 11.7. The highest BCUT2D eigenvalue weighted by Gasteiger charge is 2.28. The Morgan fingerprint density at radius 1 is 1.24 bits per heavy atom. The van der Waals surface area contributed by atoms with Crippen LogP contribution in [0, 0.1) is 6.92 Å². The van der Waals surface area contributed by atoms with Crippen molar-refractivity contribution >= 4 is 16.1 Å². The molecule has 0 atom stereocenters. The van der Waals surface area contributed by atoms with E-state index in [2.05, 4.69) is 5.32 Å². The summed E-state index contributed by atoms with van der Waals surface area (Å²) in [5, 5.41) is 2.44. The Hall–Kier alpha value is -1.82. The third kappa shape index (κ3) is 2.16. The number of nitrogens with one attached hydrogen (secondary N) is 1. The number of nitrogens with zero attached hydrogens (tertiary/aromatic N) is 1. The van der Waals surface area contributed by atoms with Gasteiger partial charge in [0.05, 0.1) is 4.90 Å². The van der Waals surface area contributed by atoms with Gasteiger partial charge in [-0.1, -0.05) is 17.7 Å². The summed E-state index contributed by atoms with van der Waals surface area (Å²) in [5.41, 5.74) is 0.961. The average Bonchev–Trinajstić information content (AvgIpc) is 2.30. The lowest BCUT2D eigenvalue weighted by Crippen LogP contribution is -2.43. The predicted molar refractivity (Wildman–Crippen MR) is 62.7 cm³/mol. The Balaban J connectivity index is 2.42. The topological polar surface area (TPSA) is 66.5 Å². The van der Waals surface area contributed by atoms with Gasteiger partial charge in [-0.05, 0) is 25.1 Å². The fraction of sp³-hybridized carbons (Fsp3) is 0.182. The maximum absolute atomic E-state index is 12.1. The molecule has 0 radical (unpaired) electrons. The summed E-state index contributed by atoms with van der Waals surface area (Å²) in [6.45, 7) is 2.21. The number of rotatable bonds is 2. The number of sulfonamides is 1. The van der Waals surface area contributed by atoms with Crippen molar-refractivity contribution in [3.05, 3.63) is 42.1 Å². The van der Waals surface area contributed by atoms with E-state index in [1.165, 1.54) is 18.3 Å². The molecule has 0 aromatic heterocycles. The van der Waals surface area contributed by atoms with Crippen LogP contribution in [0.4, 0.5) is 4.79 Å². The zero-order valence-corrected chi connectivity index (χ0v) is 10.1. The molecule has 2 rings (SSSR count). The molecule has 2 amide bonds. The summed E-state index contributed by atoms with van der Waals surface area (Å²) in [4.78, 5) is 11.6. The summed E-state index contributed by atoms with van der Waals surface area (Å²) in [7, 11) is -3.79. The summed E-state index contributed by atoms with van der Waals surface area (Å²) >= 11 is 0. The molecule has 0 aliphatic carbocycles. The van der Waals surface area contributed by atoms with Gasteiger partial charge in [-0.3, -0.25) is 0 Å². The molecule has 1 heterocycles. The van der Waals surface area contributed by atoms with Gasteiger partial charge in [-0.25, -0.2) is 13.2 Å². The second-order valence-corrected chi connectivity index (χ2v) is 5.50. The van der Waals surface area contributed by atoms with Crippen LogP contribution in [-0.2, 0) is 10.0 Å². The van der Waals surface area contributed by atoms with Crippen LogP contribution in [0.3, 0.4) is 0 Å². The van der Waals surface area contributed by atoms with Crippen molar-refractivity contribution < 1.29 is 13.2 Å². The standard InChI is InChI=1S/C11H12N2O3S/c1-9-3-5-10(6-4-9)17(15,16)13-8-2-7-12-11(13)14/h2-6,8H,7H2,1H3,(H,12,14). The smallest absolute Gasteiger partial charge is 0.333 e. The zero-order chi connectivity index (χ0) is 12.5. The largest absolute Gasteiger partial charge is 0.335 e. The molecular formula is C11H12N2O3S. The minimum atomic E-state index is -3.79. The van der Waals surface area contributed by atoms with E-state index in [-0.39, 0.29) is 4.90 Å². The van der Waals surface area contributed by atoms with Gasteiger partial charge in [0.2, 0.25) is 0 Å². The van der Waals surface area contributed by atoms with Gasteiger partial charge in [0.15, 0.2) is 0 Å². The molecule has 1 N–H and O–H groups in total. The highest BCUT2D eigenvalue weighted by molar-refractivity contribution is 7.89. The lowest BCUT2D eigenvalue weighted by Gasteiger charge is -2.21. The van der Waals surface area contributed by atoms with Crippen molar-refractivity contribution in [2.75, 3.05) is 6.54 Å². The first-order valence-corrected chi connectivity index (χ1v) is 6.51. The lowest BCUT2D eigenvalue weighted by atomic mass is 10.2. The Kier molecular flexibility index (Phi) is 2.89. The monoisotopic (exact) mass is 252 g/mol. The highest BCUT2D eigenvalue weighted by atomic mass is 32.2. The number of hydrogen-bond acceptors (Lipinski definition) is 3. The van der Waals surface area contributed by atoms with Gasteiger partial charge in [0.1, 0.15) is 0 Å². The van der Waals surface area contributed by atoms with E-state index in [0.29, 0.717) is 10.8 Å². The van der Waals surface area contributed by atoms with Crippen LogP contribution in [0.1, 0.15) is 5.56 Å². The number of benzene rings is 1. The second-order valence-electron chi connectivity index (χ2n) is 3.68. The lowest BCUT2D eigenvalue weighted by molar-refractivity contribution is 0.230. The minimum absolute atomic E-state index is 0.102. The second kappa shape index (κ2) is 4.21. The van der Waals surface area contributed by atoms with Crippen molar-refractivity contribution in [1.29, 1.82) is 0 Å². The molecule has 0 unspecified atom stereocenters. The molecule has 1 aliphatic rings. The van der Waals surface area contributed by atoms with Crippen molar-refractivity contribution in [3.63, 3.8) is 0 Å². The molecule has 0 saturated heterocycles. The Morgan fingerprint density at radius 2 is 1.88 bits per heavy atom. The molecule has 1 aromatic carbocycles. The van der Waals surface area contributed by atoms with Crippen LogP contribution in [0.15, 0.2) is 41.4 Å². The molecule has 0 fully saturated rings. The van der Waals surface area contributed by atoms with Gasteiger partial charge in [0, 0.05) is 12.7 Å². The average molecular weight is 252 g/mol. The first-order valence-electron chi connectivity index (χ1n) is 5.07.